The summed E-state index contributed by atoms with van der Waals surface area (Å²) < 4.78 is 5.17. The second-order valence-corrected chi connectivity index (χ2v) is 4.21. The Morgan fingerprint density at radius 2 is 2.28 bits per heavy atom. The summed E-state index contributed by atoms with van der Waals surface area (Å²) in [5, 5.41) is 14.6. The van der Waals surface area contributed by atoms with Crippen molar-refractivity contribution in [2.24, 2.45) is 0 Å². The zero-order valence-corrected chi connectivity index (χ0v) is 9.89. The van der Waals surface area contributed by atoms with Crippen LogP contribution in [0.4, 0.5) is 0 Å². The molecule has 3 rings (SSSR count). The molecule has 0 saturated carbocycles. The van der Waals surface area contributed by atoms with E-state index in [0.29, 0.717) is 23.0 Å². The molecule has 0 unspecified atom stereocenters. The zero-order valence-electron chi connectivity index (χ0n) is 9.07. The minimum Gasteiger partial charge on any atom is -0.334 e. The van der Waals surface area contributed by atoms with Crippen molar-refractivity contribution in [3.63, 3.8) is 0 Å². The maximum absolute atomic E-state index is 8.84. The van der Waals surface area contributed by atoms with Crippen LogP contribution in [0.2, 0.25) is 0 Å². The van der Waals surface area contributed by atoms with Crippen molar-refractivity contribution in [2.75, 3.05) is 0 Å². The number of hydrogen-bond acceptors (Lipinski definition) is 6. The molecule has 0 aliphatic carbocycles. The van der Waals surface area contributed by atoms with Crippen LogP contribution >= 0.6 is 11.3 Å². The maximum atomic E-state index is 8.84. The molecule has 0 amide bonds. The lowest BCUT2D eigenvalue weighted by Gasteiger charge is -1.93. The predicted molar refractivity (Wildman–Crippen MR) is 65.6 cm³/mol. The van der Waals surface area contributed by atoms with Gasteiger partial charge < -0.3 is 4.52 Å². The first-order chi connectivity index (χ1) is 8.86. The summed E-state index contributed by atoms with van der Waals surface area (Å²) in [6.07, 6.45) is 0. The van der Waals surface area contributed by atoms with E-state index in [2.05, 4.69) is 21.2 Å². The largest absolute Gasteiger partial charge is 0.334 e. The highest BCUT2D eigenvalue weighted by Gasteiger charge is 2.11. The maximum Gasteiger partial charge on any atom is 0.258 e. The Balaban J connectivity index is 2.01. The van der Waals surface area contributed by atoms with Gasteiger partial charge in [0.25, 0.3) is 5.89 Å². The van der Waals surface area contributed by atoms with Crippen LogP contribution in [-0.4, -0.2) is 15.1 Å². The van der Waals surface area contributed by atoms with Crippen molar-refractivity contribution in [3.05, 3.63) is 40.7 Å². The van der Waals surface area contributed by atoms with Crippen LogP contribution in [-0.2, 0) is 0 Å². The van der Waals surface area contributed by atoms with E-state index in [9.17, 15) is 0 Å². The van der Waals surface area contributed by atoms with Gasteiger partial charge in [0, 0.05) is 10.9 Å². The summed E-state index contributed by atoms with van der Waals surface area (Å²) in [5.74, 6) is 0.837. The average Bonchev–Trinajstić information content (AvgIpc) is 3.09. The van der Waals surface area contributed by atoms with Crippen molar-refractivity contribution >= 4 is 11.3 Å². The molecule has 0 fully saturated rings. The van der Waals surface area contributed by atoms with Gasteiger partial charge in [-0.25, -0.2) is 4.98 Å². The van der Waals surface area contributed by atoms with Gasteiger partial charge in [0.05, 0.1) is 17.1 Å². The highest BCUT2D eigenvalue weighted by atomic mass is 32.1. The predicted octanol–water partition coefficient (Wildman–Crippen LogP) is 2.73. The first-order valence-electron chi connectivity index (χ1n) is 5.09. The van der Waals surface area contributed by atoms with Gasteiger partial charge in [0.15, 0.2) is 0 Å². The smallest absolute Gasteiger partial charge is 0.258 e. The van der Waals surface area contributed by atoms with Crippen LogP contribution in [0.5, 0.6) is 0 Å². The van der Waals surface area contributed by atoms with Gasteiger partial charge in [-0.3, -0.25) is 0 Å². The van der Waals surface area contributed by atoms with Gasteiger partial charge in [0.2, 0.25) is 5.82 Å². The summed E-state index contributed by atoms with van der Waals surface area (Å²) in [6, 6.07) is 9.10. The van der Waals surface area contributed by atoms with Crippen LogP contribution in [0.3, 0.4) is 0 Å². The monoisotopic (exact) mass is 254 g/mol. The first kappa shape index (κ1) is 10.6. The molecule has 0 N–H and O–H groups in total. The molecule has 0 aliphatic rings. The van der Waals surface area contributed by atoms with E-state index in [4.69, 9.17) is 9.78 Å². The number of nitrogens with zero attached hydrogens (tertiary/aromatic N) is 4. The van der Waals surface area contributed by atoms with Gasteiger partial charge in [-0.2, -0.15) is 10.2 Å². The van der Waals surface area contributed by atoms with Gasteiger partial charge in [0.1, 0.15) is 5.69 Å². The second kappa shape index (κ2) is 4.39. The molecule has 0 spiro atoms. The highest BCUT2D eigenvalue weighted by Crippen LogP contribution is 2.22. The Morgan fingerprint density at radius 3 is 3.06 bits per heavy atom. The third-order valence-electron chi connectivity index (χ3n) is 2.33. The lowest BCUT2D eigenvalue weighted by Crippen LogP contribution is -1.81. The lowest BCUT2D eigenvalue weighted by atomic mass is 10.1. The third-order valence-corrected chi connectivity index (χ3v) is 2.91. The summed E-state index contributed by atoms with van der Waals surface area (Å²) >= 11 is 1.47. The molecule has 86 valence electrons. The van der Waals surface area contributed by atoms with Crippen LogP contribution < -0.4 is 0 Å². The Morgan fingerprint density at radius 1 is 1.33 bits per heavy atom. The standard InChI is InChI=1S/C12H6N4OS/c13-5-8-2-1-3-9(4-8)12-15-11(16-17-12)10-6-18-7-14-10/h1-4,6-7H. The summed E-state index contributed by atoms with van der Waals surface area (Å²) in [6.45, 7) is 0. The Hall–Kier alpha value is -2.52. The van der Waals surface area contributed by atoms with Gasteiger partial charge >= 0.3 is 0 Å². The molecule has 18 heavy (non-hydrogen) atoms. The molecule has 2 heterocycles. The SMILES string of the molecule is N#Cc1cccc(-c2nc(-c3cscn3)no2)c1. The van der Waals surface area contributed by atoms with Gasteiger partial charge in [-0.05, 0) is 18.2 Å². The number of nitriles is 1. The van der Waals surface area contributed by atoms with Crippen LogP contribution in [0.25, 0.3) is 23.0 Å². The summed E-state index contributed by atoms with van der Waals surface area (Å²) in [7, 11) is 0. The van der Waals surface area contributed by atoms with Crippen molar-refractivity contribution < 1.29 is 4.52 Å². The summed E-state index contributed by atoms with van der Waals surface area (Å²) in [4.78, 5) is 8.36. The van der Waals surface area contributed by atoms with Crippen molar-refractivity contribution in [1.82, 2.24) is 15.1 Å². The first-order valence-corrected chi connectivity index (χ1v) is 6.04. The number of thiazole rings is 1. The van der Waals surface area contributed by atoms with E-state index >= 15 is 0 Å². The normalized spacial score (nSPS) is 10.2. The molecular weight excluding hydrogens is 248 g/mol. The van der Waals surface area contributed by atoms with E-state index in [-0.39, 0.29) is 0 Å². The molecule has 0 bridgehead atoms. The number of aromatic nitrogens is 3. The quantitative estimate of drug-likeness (QED) is 0.702. The Kier molecular flexibility index (Phi) is 2.59. The van der Waals surface area contributed by atoms with Gasteiger partial charge in [-0.15, -0.1) is 11.3 Å². The van der Waals surface area contributed by atoms with Crippen LogP contribution in [0, 0.1) is 11.3 Å². The highest BCUT2D eigenvalue weighted by molar-refractivity contribution is 7.07. The van der Waals surface area contributed by atoms with E-state index in [1.165, 1.54) is 11.3 Å². The van der Waals surface area contributed by atoms with Crippen LogP contribution in [0.1, 0.15) is 5.56 Å². The molecular formula is C12H6N4OS. The fourth-order valence-electron chi connectivity index (χ4n) is 1.49. The molecule has 0 aliphatic heterocycles. The Bertz CT molecular complexity index is 712. The van der Waals surface area contributed by atoms with Gasteiger partial charge in [-0.1, -0.05) is 11.2 Å². The number of rotatable bonds is 2. The topological polar surface area (TPSA) is 75.6 Å². The summed E-state index contributed by atoms with van der Waals surface area (Å²) in [5.41, 5.74) is 3.68. The number of hydrogen-bond donors (Lipinski definition) is 0. The molecule has 1 aromatic carbocycles. The molecule has 2 aromatic heterocycles. The Labute approximate surface area is 106 Å². The third kappa shape index (κ3) is 1.87. The zero-order chi connectivity index (χ0) is 12.4. The van der Waals surface area contributed by atoms with Crippen molar-refractivity contribution in [2.45, 2.75) is 0 Å². The molecule has 0 saturated heterocycles. The number of benzene rings is 1. The van der Waals surface area contributed by atoms with E-state index < -0.39 is 0 Å². The van der Waals surface area contributed by atoms with Crippen molar-refractivity contribution in [3.8, 4) is 29.0 Å². The minimum atomic E-state index is 0.384. The average molecular weight is 254 g/mol. The molecule has 3 aromatic rings. The fourth-order valence-corrected chi connectivity index (χ4v) is 2.02. The second-order valence-electron chi connectivity index (χ2n) is 3.49. The fraction of sp³-hybridized carbons (Fsp3) is 0. The molecule has 0 radical (unpaired) electrons. The van der Waals surface area contributed by atoms with E-state index in [0.717, 1.165) is 5.56 Å². The molecule has 0 atom stereocenters. The lowest BCUT2D eigenvalue weighted by molar-refractivity contribution is 0.432. The van der Waals surface area contributed by atoms with Crippen molar-refractivity contribution in [1.29, 1.82) is 5.26 Å². The molecule has 5 nitrogen and oxygen atoms in total. The van der Waals surface area contributed by atoms with E-state index in [1.807, 2.05) is 11.4 Å². The van der Waals surface area contributed by atoms with E-state index in [1.54, 1.807) is 23.7 Å². The van der Waals surface area contributed by atoms with Crippen LogP contribution in [0.15, 0.2) is 39.7 Å². The minimum absolute atomic E-state index is 0.384. The molecule has 6 heteroatoms.